The third kappa shape index (κ3) is 3.28. The maximum absolute atomic E-state index is 12.6. The third-order valence-corrected chi connectivity index (χ3v) is 6.21. The highest BCUT2D eigenvalue weighted by molar-refractivity contribution is 7.91. The van der Waals surface area contributed by atoms with Crippen LogP contribution in [0.3, 0.4) is 0 Å². The van der Waals surface area contributed by atoms with E-state index in [1.54, 1.807) is 24.3 Å². The molecule has 0 aliphatic carbocycles. The van der Waals surface area contributed by atoms with E-state index in [1.165, 1.54) is 12.8 Å². The van der Waals surface area contributed by atoms with Crippen molar-refractivity contribution in [1.29, 1.82) is 0 Å². The Morgan fingerprint density at radius 2 is 2.04 bits per heavy atom. The van der Waals surface area contributed by atoms with Crippen molar-refractivity contribution in [3.05, 3.63) is 48.3 Å². The van der Waals surface area contributed by atoms with Crippen molar-refractivity contribution < 1.29 is 13.2 Å². The number of nitrogens with zero attached hydrogens (tertiary/aromatic N) is 2. The molecule has 1 aromatic heterocycles. The summed E-state index contributed by atoms with van der Waals surface area (Å²) in [7, 11) is -1.77. The molecule has 6 heteroatoms. The van der Waals surface area contributed by atoms with Gasteiger partial charge in [-0.3, -0.25) is 4.90 Å². The van der Waals surface area contributed by atoms with Crippen LogP contribution in [0.1, 0.15) is 18.7 Å². The second kappa shape index (κ2) is 6.37. The van der Waals surface area contributed by atoms with Gasteiger partial charge >= 0.3 is 0 Å². The van der Waals surface area contributed by atoms with Gasteiger partial charge in [0.2, 0.25) is 0 Å². The van der Waals surface area contributed by atoms with Crippen LogP contribution in [0.15, 0.2) is 47.5 Å². The largest absolute Gasteiger partial charge is 0.497 e. The number of hydrogen-bond donors (Lipinski definition) is 0. The summed E-state index contributed by atoms with van der Waals surface area (Å²) in [6.45, 7) is 4.44. The van der Waals surface area contributed by atoms with Gasteiger partial charge in [-0.1, -0.05) is 6.07 Å². The van der Waals surface area contributed by atoms with E-state index in [9.17, 15) is 8.42 Å². The monoisotopic (exact) mass is 334 g/mol. The van der Waals surface area contributed by atoms with Gasteiger partial charge in [0.25, 0.3) is 0 Å². The van der Waals surface area contributed by atoms with E-state index >= 15 is 0 Å². The van der Waals surface area contributed by atoms with Gasteiger partial charge in [-0.25, -0.2) is 8.42 Å². The first-order valence-electron chi connectivity index (χ1n) is 7.77. The lowest BCUT2D eigenvalue weighted by molar-refractivity contribution is 0.179. The SMILES string of the molecule is COc1cccc(S(=O)(=O)CCN2CCn3cccc3[C@H]2C)c1. The van der Waals surface area contributed by atoms with Crippen LogP contribution in [-0.4, -0.2) is 43.8 Å². The highest BCUT2D eigenvalue weighted by atomic mass is 32.2. The summed E-state index contributed by atoms with van der Waals surface area (Å²) in [4.78, 5) is 2.55. The fourth-order valence-corrected chi connectivity index (χ4v) is 4.37. The van der Waals surface area contributed by atoms with Gasteiger partial charge in [0.05, 0.1) is 17.8 Å². The molecule has 5 nitrogen and oxygen atoms in total. The van der Waals surface area contributed by atoms with Crippen LogP contribution >= 0.6 is 0 Å². The standard InChI is InChI=1S/C17H22N2O3S/c1-14-17-7-4-8-19(17)10-9-18(14)11-12-23(20,21)16-6-3-5-15(13-16)22-2/h3-8,13-14H,9-12H2,1-2H3/t14-/m1/s1. The van der Waals surface area contributed by atoms with Crippen LogP contribution in [0.2, 0.25) is 0 Å². The Labute approximate surface area is 137 Å². The Morgan fingerprint density at radius 3 is 2.83 bits per heavy atom. The zero-order valence-electron chi connectivity index (χ0n) is 13.5. The van der Waals surface area contributed by atoms with E-state index in [2.05, 4.69) is 28.7 Å². The van der Waals surface area contributed by atoms with Crippen LogP contribution in [0.25, 0.3) is 0 Å². The summed E-state index contributed by atoms with van der Waals surface area (Å²) in [6.07, 6.45) is 2.08. The molecular weight excluding hydrogens is 312 g/mol. The molecule has 0 N–H and O–H groups in total. The summed E-state index contributed by atoms with van der Waals surface area (Å²) < 4.78 is 32.5. The molecule has 1 aromatic carbocycles. The number of rotatable bonds is 5. The Morgan fingerprint density at radius 1 is 1.22 bits per heavy atom. The smallest absolute Gasteiger partial charge is 0.179 e. The molecule has 0 unspecified atom stereocenters. The predicted molar refractivity (Wildman–Crippen MR) is 89.5 cm³/mol. The van der Waals surface area contributed by atoms with Gasteiger partial charge in [-0.2, -0.15) is 0 Å². The second-order valence-corrected chi connectivity index (χ2v) is 7.95. The first-order valence-corrected chi connectivity index (χ1v) is 9.42. The summed E-state index contributed by atoms with van der Waals surface area (Å²) in [6, 6.07) is 11.1. The zero-order valence-corrected chi connectivity index (χ0v) is 14.3. The quantitative estimate of drug-likeness (QED) is 0.842. The van der Waals surface area contributed by atoms with Gasteiger partial charge in [0.1, 0.15) is 5.75 Å². The van der Waals surface area contributed by atoms with Crippen molar-refractivity contribution in [2.45, 2.75) is 24.4 Å². The molecule has 23 heavy (non-hydrogen) atoms. The van der Waals surface area contributed by atoms with Crippen LogP contribution < -0.4 is 4.74 Å². The van der Waals surface area contributed by atoms with E-state index in [0.717, 1.165) is 13.1 Å². The minimum Gasteiger partial charge on any atom is -0.497 e. The molecule has 2 aromatic rings. The maximum atomic E-state index is 12.6. The number of hydrogen-bond acceptors (Lipinski definition) is 4. The first-order chi connectivity index (χ1) is 11.0. The van der Waals surface area contributed by atoms with E-state index in [1.807, 2.05) is 6.07 Å². The number of sulfone groups is 1. The second-order valence-electron chi connectivity index (χ2n) is 5.84. The van der Waals surface area contributed by atoms with Crippen molar-refractivity contribution in [3.8, 4) is 5.75 Å². The fourth-order valence-electron chi connectivity index (χ4n) is 3.08. The topological polar surface area (TPSA) is 51.5 Å². The molecule has 2 heterocycles. The minimum absolute atomic E-state index is 0.116. The molecular formula is C17H22N2O3S. The minimum atomic E-state index is -3.31. The molecule has 0 radical (unpaired) electrons. The van der Waals surface area contributed by atoms with Gasteiger partial charge in [0, 0.05) is 37.6 Å². The summed E-state index contributed by atoms with van der Waals surface area (Å²) in [5, 5.41) is 0. The molecule has 1 atom stereocenters. The first kappa shape index (κ1) is 16.1. The number of methoxy groups -OCH3 is 1. The van der Waals surface area contributed by atoms with Crippen LogP contribution in [-0.2, 0) is 16.4 Å². The van der Waals surface area contributed by atoms with Crippen molar-refractivity contribution in [2.24, 2.45) is 0 Å². The molecule has 0 amide bonds. The van der Waals surface area contributed by atoms with E-state index < -0.39 is 9.84 Å². The normalized spacial score (nSPS) is 18.6. The maximum Gasteiger partial charge on any atom is 0.179 e. The Bertz CT molecular complexity index is 783. The number of benzene rings is 1. The molecule has 3 rings (SSSR count). The van der Waals surface area contributed by atoms with Gasteiger partial charge in [-0.05, 0) is 37.3 Å². The van der Waals surface area contributed by atoms with Crippen LogP contribution in [0.4, 0.5) is 0 Å². The van der Waals surface area contributed by atoms with Gasteiger partial charge in [0.15, 0.2) is 9.84 Å². The lowest BCUT2D eigenvalue weighted by atomic mass is 10.1. The van der Waals surface area contributed by atoms with Crippen molar-refractivity contribution in [1.82, 2.24) is 9.47 Å². The van der Waals surface area contributed by atoms with Crippen LogP contribution in [0.5, 0.6) is 5.75 Å². The van der Waals surface area contributed by atoms with Crippen molar-refractivity contribution in [3.63, 3.8) is 0 Å². The van der Waals surface area contributed by atoms with Crippen LogP contribution in [0, 0.1) is 0 Å². The zero-order chi connectivity index (χ0) is 16.4. The molecule has 1 aliphatic heterocycles. The number of ether oxygens (including phenoxy) is 1. The average molecular weight is 334 g/mol. The summed E-state index contributed by atoms with van der Waals surface area (Å²) in [5.41, 5.74) is 1.25. The Kier molecular flexibility index (Phi) is 4.46. The van der Waals surface area contributed by atoms with Gasteiger partial charge in [-0.15, -0.1) is 0 Å². The Balaban J connectivity index is 1.70. The van der Waals surface area contributed by atoms with E-state index in [4.69, 9.17) is 4.74 Å². The number of aromatic nitrogens is 1. The summed E-state index contributed by atoms with van der Waals surface area (Å²) >= 11 is 0. The average Bonchev–Trinajstić information content (AvgIpc) is 3.04. The lowest BCUT2D eigenvalue weighted by Crippen LogP contribution is -2.39. The lowest BCUT2D eigenvalue weighted by Gasteiger charge is -2.34. The molecule has 124 valence electrons. The highest BCUT2D eigenvalue weighted by Crippen LogP contribution is 2.25. The third-order valence-electron chi connectivity index (χ3n) is 4.52. The van der Waals surface area contributed by atoms with Crippen molar-refractivity contribution in [2.75, 3.05) is 26.0 Å². The predicted octanol–water partition coefficient (Wildman–Crippen LogP) is 2.35. The molecule has 1 aliphatic rings. The molecule has 0 saturated heterocycles. The van der Waals surface area contributed by atoms with E-state index in [0.29, 0.717) is 17.2 Å². The molecule has 0 spiro atoms. The molecule has 0 bridgehead atoms. The fraction of sp³-hybridized carbons (Fsp3) is 0.412. The molecule has 0 saturated carbocycles. The van der Waals surface area contributed by atoms with Crippen molar-refractivity contribution >= 4 is 9.84 Å². The number of fused-ring (bicyclic) bond motifs is 1. The van der Waals surface area contributed by atoms with E-state index in [-0.39, 0.29) is 11.8 Å². The Hall–Kier alpha value is -1.79. The summed E-state index contributed by atoms with van der Waals surface area (Å²) in [5.74, 6) is 0.681. The highest BCUT2D eigenvalue weighted by Gasteiger charge is 2.25. The van der Waals surface area contributed by atoms with Gasteiger partial charge < -0.3 is 9.30 Å². The molecule has 0 fully saturated rings.